The molecule has 4 unspecified atom stereocenters. The minimum absolute atomic E-state index is 0.421. The number of rotatable bonds is 2. The average Bonchev–Trinajstić information content (AvgIpc) is 3.41. The lowest BCUT2D eigenvalue weighted by molar-refractivity contribution is 0.374. The quantitative estimate of drug-likeness (QED) is 0.425. The Morgan fingerprint density at radius 2 is 1.57 bits per heavy atom. The number of aryl methyl sites for hydroxylation is 1. The van der Waals surface area contributed by atoms with Gasteiger partial charge in [-0.25, -0.2) is 0 Å². The van der Waals surface area contributed by atoms with E-state index in [0.29, 0.717) is 11.7 Å². The Labute approximate surface area is 167 Å². The van der Waals surface area contributed by atoms with Crippen molar-refractivity contribution in [1.82, 2.24) is 0 Å². The summed E-state index contributed by atoms with van der Waals surface area (Å²) >= 11 is 0. The average molecular weight is 367 g/mol. The van der Waals surface area contributed by atoms with Crippen LogP contribution in [-0.2, 0) is 6.42 Å². The molecular weight excluding hydrogens is 340 g/mol. The van der Waals surface area contributed by atoms with Gasteiger partial charge in [0.1, 0.15) is 5.75 Å². The van der Waals surface area contributed by atoms with Crippen molar-refractivity contribution in [1.29, 1.82) is 0 Å². The predicted molar refractivity (Wildman–Crippen MR) is 114 cm³/mol. The summed E-state index contributed by atoms with van der Waals surface area (Å²) in [5.41, 5.74) is 10.1. The molecule has 2 saturated carbocycles. The van der Waals surface area contributed by atoms with Crippen molar-refractivity contribution >= 4 is 0 Å². The van der Waals surface area contributed by atoms with Crippen molar-refractivity contribution in [2.24, 2.45) is 11.8 Å². The molecule has 140 valence electrons. The summed E-state index contributed by atoms with van der Waals surface area (Å²) in [6, 6.07) is 22.2. The molecule has 3 aliphatic rings. The van der Waals surface area contributed by atoms with E-state index in [9.17, 15) is 5.11 Å². The van der Waals surface area contributed by atoms with Crippen LogP contribution < -0.4 is 0 Å². The third-order valence-electron chi connectivity index (χ3n) is 7.79. The van der Waals surface area contributed by atoms with Crippen LogP contribution in [0.3, 0.4) is 0 Å². The maximum absolute atomic E-state index is 9.87. The molecule has 28 heavy (non-hydrogen) atoms. The molecule has 0 heterocycles. The molecule has 4 atom stereocenters. The Hall–Kier alpha value is -2.54. The highest BCUT2D eigenvalue weighted by atomic mass is 16.3. The van der Waals surface area contributed by atoms with Gasteiger partial charge in [-0.15, -0.1) is 0 Å². The molecule has 3 aliphatic carbocycles. The van der Waals surface area contributed by atoms with Crippen LogP contribution in [0.15, 0.2) is 60.7 Å². The monoisotopic (exact) mass is 366 g/mol. The van der Waals surface area contributed by atoms with E-state index in [0.717, 1.165) is 29.7 Å². The Kier molecular flexibility index (Phi) is 3.50. The molecule has 0 saturated heterocycles. The van der Waals surface area contributed by atoms with Crippen molar-refractivity contribution in [2.45, 2.75) is 44.4 Å². The van der Waals surface area contributed by atoms with Crippen LogP contribution in [0.5, 0.6) is 5.75 Å². The van der Waals surface area contributed by atoms with Gasteiger partial charge in [0.25, 0.3) is 0 Å². The smallest absolute Gasteiger partial charge is 0.118 e. The number of hydrogen-bond acceptors (Lipinski definition) is 1. The van der Waals surface area contributed by atoms with Crippen molar-refractivity contribution in [2.75, 3.05) is 0 Å². The topological polar surface area (TPSA) is 20.2 Å². The Morgan fingerprint density at radius 1 is 0.786 bits per heavy atom. The Morgan fingerprint density at radius 3 is 2.39 bits per heavy atom. The number of benzene rings is 3. The fourth-order valence-corrected chi connectivity index (χ4v) is 6.50. The van der Waals surface area contributed by atoms with E-state index in [-0.39, 0.29) is 0 Å². The van der Waals surface area contributed by atoms with Gasteiger partial charge < -0.3 is 5.11 Å². The fourth-order valence-electron chi connectivity index (χ4n) is 6.50. The van der Waals surface area contributed by atoms with Gasteiger partial charge in [-0.1, -0.05) is 54.6 Å². The first-order valence-corrected chi connectivity index (χ1v) is 10.7. The Balaban J connectivity index is 1.30. The van der Waals surface area contributed by atoms with E-state index in [4.69, 9.17) is 0 Å². The summed E-state index contributed by atoms with van der Waals surface area (Å²) in [6.45, 7) is 2.01. The van der Waals surface area contributed by atoms with Crippen LogP contribution in [-0.4, -0.2) is 5.11 Å². The lowest BCUT2D eigenvalue weighted by Gasteiger charge is -2.30. The van der Waals surface area contributed by atoms with Crippen LogP contribution in [0.25, 0.3) is 11.1 Å². The largest absolute Gasteiger partial charge is 0.508 e. The van der Waals surface area contributed by atoms with Crippen LogP contribution in [0.2, 0.25) is 0 Å². The van der Waals surface area contributed by atoms with Gasteiger partial charge >= 0.3 is 0 Å². The predicted octanol–water partition coefficient (Wildman–Crippen LogP) is 6.57. The van der Waals surface area contributed by atoms with Gasteiger partial charge in [0, 0.05) is 0 Å². The van der Waals surface area contributed by atoms with Gasteiger partial charge in [0.05, 0.1) is 0 Å². The minimum Gasteiger partial charge on any atom is -0.508 e. The summed E-state index contributed by atoms with van der Waals surface area (Å²) in [6.07, 6.45) is 5.10. The van der Waals surface area contributed by atoms with E-state index in [1.807, 2.05) is 13.0 Å². The van der Waals surface area contributed by atoms with Gasteiger partial charge in [-0.05, 0) is 101 Å². The summed E-state index contributed by atoms with van der Waals surface area (Å²) in [5.74, 6) is 3.42. The third-order valence-corrected chi connectivity index (χ3v) is 7.79. The van der Waals surface area contributed by atoms with E-state index < -0.39 is 0 Å². The van der Waals surface area contributed by atoms with Crippen molar-refractivity contribution in [3.8, 4) is 16.9 Å². The first-order valence-electron chi connectivity index (χ1n) is 10.7. The normalized spacial score (nSPS) is 27.0. The highest BCUT2D eigenvalue weighted by molar-refractivity contribution is 5.78. The first-order chi connectivity index (χ1) is 13.7. The number of phenolic OH excluding ortho intramolecular Hbond substituents is 1. The molecule has 3 aromatic rings. The lowest BCUT2D eigenvalue weighted by atomic mass is 9.74. The van der Waals surface area contributed by atoms with Crippen molar-refractivity contribution in [3.63, 3.8) is 0 Å². The number of phenols is 1. The zero-order valence-corrected chi connectivity index (χ0v) is 16.4. The zero-order valence-electron chi connectivity index (χ0n) is 16.4. The molecule has 1 heteroatoms. The highest BCUT2D eigenvalue weighted by Crippen LogP contribution is 2.60. The summed E-state index contributed by atoms with van der Waals surface area (Å²) < 4.78 is 0. The SMILES string of the molecule is Cc1cc(C2CC3CC2CC3c2cccc3c2Cc2ccccc2-3)ccc1O. The minimum atomic E-state index is 0.421. The highest BCUT2D eigenvalue weighted by Gasteiger charge is 2.47. The van der Waals surface area contributed by atoms with Crippen LogP contribution >= 0.6 is 0 Å². The molecule has 0 amide bonds. The second-order valence-electron chi connectivity index (χ2n) is 9.19. The summed E-state index contributed by atoms with van der Waals surface area (Å²) in [7, 11) is 0. The molecule has 0 aliphatic heterocycles. The number of hydrogen-bond donors (Lipinski definition) is 1. The van der Waals surface area contributed by atoms with Crippen LogP contribution in [0.4, 0.5) is 0 Å². The van der Waals surface area contributed by atoms with Gasteiger partial charge in [-0.3, -0.25) is 0 Å². The van der Waals surface area contributed by atoms with Gasteiger partial charge in [-0.2, -0.15) is 0 Å². The van der Waals surface area contributed by atoms with Gasteiger partial charge in [0.15, 0.2) is 0 Å². The van der Waals surface area contributed by atoms with Crippen molar-refractivity contribution < 1.29 is 5.11 Å². The molecule has 1 nitrogen and oxygen atoms in total. The molecule has 6 rings (SSSR count). The maximum atomic E-state index is 9.87. The molecule has 1 N–H and O–H groups in total. The fraction of sp³-hybridized carbons (Fsp3) is 0.333. The molecule has 3 aromatic carbocycles. The number of fused-ring (bicyclic) bond motifs is 5. The maximum Gasteiger partial charge on any atom is 0.118 e. The molecule has 0 aromatic heterocycles. The van der Waals surface area contributed by atoms with Gasteiger partial charge in [0.2, 0.25) is 0 Å². The van der Waals surface area contributed by atoms with E-state index >= 15 is 0 Å². The van der Waals surface area contributed by atoms with E-state index in [1.165, 1.54) is 41.5 Å². The lowest BCUT2D eigenvalue weighted by Crippen LogP contribution is -2.16. The summed E-state index contributed by atoms with van der Waals surface area (Å²) in [4.78, 5) is 0. The number of aromatic hydroxyl groups is 1. The third kappa shape index (κ3) is 2.32. The van der Waals surface area contributed by atoms with E-state index in [1.54, 1.807) is 11.1 Å². The first kappa shape index (κ1) is 16.4. The van der Waals surface area contributed by atoms with E-state index in [2.05, 4.69) is 54.6 Å². The molecule has 2 bridgehead atoms. The molecule has 0 spiro atoms. The second kappa shape index (κ2) is 5.98. The zero-order chi connectivity index (χ0) is 18.8. The molecule has 2 fully saturated rings. The standard InChI is InChI=1S/C27H26O/c1-16-11-18(9-10-27(16)28)24-14-20-12-19(24)15-25(20)23-8-4-7-22-21-6-3-2-5-17(21)13-26(22)23/h2-11,19-20,24-25,28H,12-15H2,1H3. The van der Waals surface area contributed by atoms with Crippen LogP contribution in [0.1, 0.15) is 58.9 Å². The van der Waals surface area contributed by atoms with Crippen LogP contribution in [0, 0.1) is 18.8 Å². The summed E-state index contributed by atoms with van der Waals surface area (Å²) in [5, 5.41) is 9.87. The van der Waals surface area contributed by atoms with Crippen molar-refractivity contribution in [3.05, 3.63) is 88.5 Å². The molecule has 0 radical (unpaired) electrons. The molecular formula is C27H26O. The second-order valence-corrected chi connectivity index (χ2v) is 9.19. The Bertz CT molecular complexity index is 1080.